The van der Waals surface area contributed by atoms with Gasteiger partial charge in [0.25, 0.3) is 5.69 Å². The number of nitrogens with one attached hydrogen (secondary N) is 1. The van der Waals surface area contributed by atoms with E-state index >= 15 is 0 Å². The van der Waals surface area contributed by atoms with Gasteiger partial charge in [-0.3, -0.25) is 10.1 Å². The molecule has 0 spiro atoms. The van der Waals surface area contributed by atoms with Gasteiger partial charge in [-0.15, -0.1) is 4.73 Å². The number of aromatic nitrogens is 1. The van der Waals surface area contributed by atoms with Crippen LogP contribution in [-0.4, -0.2) is 38.0 Å². The van der Waals surface area contributed by atoms with E-state index in [9.17, 15) is 29.9 Å². The first-order valence-electron chi connectivity index (χ1n) is 8.71. The number of rotatable bonds is 8. The molecule has 1 aromatic carbocycles. The number of aromatic hydroxyl groups is 2. The van der Waals surface area contributed by atoms with Gasteiger partial charge < -0.3 is 25.1 Å². The molecule has 0 fully saturated rings. The lowest BCUT2D eigenvalue weighted by molar-refractivity contribution is -0.384. The van der Waals surface area contributed by atoms with Crippen LogP contribution in [0.25, 0.3) is 0 Å². The number of carbonyl (C=O) groups excluding carboxylic acids is 2. The second-order valence-electron chi connectivity index (χ2n) is 6.26. The van der Waals surface area contributed by atoms with Crippen LogP contribution in [0.15, 0.2) is 36.4 Å². The van der Waals surface area contributed by atoms with Crippen molar-refractivity contribution in [3.8, 4) is 11.8 Å². The third kappa shape index (κ3) is 5.61. The van der Waals surface area contributed by atoms with E-state index in [1.165, 1.54) is 24.3 Å². The summed E-state index contributed by atoms with van der Waals surface area (Å²) in [6.07, 6.45) is -0.377. The van der Waals surface area contributed by atoms with Gasteiger partial charge in [-0.1, -0.05) is 20.3 Å². The highest BCUT2D eigenvalue weighted by atomic mass is 16.7. The molecule has 1 amide bonds. The van der Waals surface area contributed by atoms with Crippen molar-refractivity contribution in [3.63, 3.8) is 0 Å². The van der Waals surface area contributed by atoms with Gasteiger partial charge in [-0.25, -0.2) is 9.59 Å². The topological polar surface area (TPSA) is 153 Å². The number of non-ortho nitro benzene ring substituents is 1. The average Bonchev–Trinajstić information content (AvgIpc) is 3.02. The van der Waals surface area contributed by atoms with Gasteiger partial charge >= 0.3 is 12.1 Å². The fraction of sp³-hybridized carbons (Fsp3) is 0.333. The number of nitro groups is 1. The molecule has 0 saturated carbocycles. The molecule has 2 aromatic rings. The third-order valence-corrected chi connectivity index (χ3v) is 4.24. The number of amides is 1. The van der Waals surface area contributed by atoms with E-state index in [1.54, 1.807) is 13.8 Å². The Kier molecular flexibility index (Phi) is 7.01. The van der Waals surface area contributed by atoms with E-state index in [2.05, 4.69) is 5.32 Å². The van der Waals surface area contributed by atoms with Gasteiger partial charge in [0.05, 0.1) is 4.92 Å². The molecule has 11 heteroatoms. The van der Waals surface area contributed by atoms with E-state index in [0.717, 1.165) is 12.1 Å². The molecule has 0 aliphatic rings. The summed E-state index contributed by atoms with van der Waals surface area (Å²) in [7, 11) is 0. The summed E-state index contributed by atoms with van der Waals surface area (Å²) in [5, 5.41) is 32.2. The zero-order chi connectivity index (χ0) is 21.6. The molecule has 3 N–H and O–H groups in total. The summed E-state index contributed by atoms with van der Waals surface area (Å²) in [5.41, 5.74) is 0.435. The third-order valence-electron chi connectivity index (χ3n) is 4.24. The van der Waals surface area contributed by atoms with Crippen LogP contribution in [0.3, 0.4) is 0 Å². The molecule has 2 atom stereocenters. The second-order valence-corrected chi connectivity index (χ2v) is 6.26. The minimum atomic E-state index is -1.11. The quantitative estimate of drug-likeness (QED) is 0.444. The number of nitrogens with zero attached hydrogens (tertiary/aromatic N) is 2. The molecule has 11 nitrogen and oxygen atoms in total. The van der Waals surface area contributed by atoms with Crippen molar-refractivity contribution < 1.29 is 34.3 Å². The maximum atomic E-state index is 12.4. The molecule has 1 heterocycles. The zero-order valence-electron chi connectivity index (χ0n) is 15.8. The van der Waals surface area contributed by atoms with Gasteiger partial charge in [0.15, 0.2) is 0 Å². The number of nitro benzene ring substituents is 1. The minimum Gasteiger partial charge on any atom is -0.492 e. The molecular formula is C18H21N3O8. The van der Waals surface area contributed by atoms with E-state index in [-0.39, 0.29) is 18.2 Å². The normalized spacial score (nSPS) is 12.6. The molecule has 1 aromatic heterocycles. The highest BCUT2D eigenvalue weighted by Crippen LogP contribution is 2.20. The first kappa shape index (κ1) is 21.5. The Balaban J connectivity index is 1.98. The largest absolute Gasteiger partial charge is 0.492 e. The van der Waals surface area contributed by atoms with Crippen LogP contribution in [0, 0.1) is 16.0 Å². The Hall–Kier alpha value is -3.76. The molecule has 0 aliphatic carbocycles. The van der Waals surface area contributed by atoms with Crippen molar-refractivity contribution in [1.29, 1.82) is 0 Å². The number of carbonyl (C=O) groups is 2. The van der Waals surface area contributed by atoms with Crippen LogP contribution in [0.1, 0.15) is 25.8 Å². The van der Waals surface area contributed by atoms with Crippen LogP contribution < -0.4 is 10.2 Å². The summed E-state index contributed by atoms with van der Waals surface area (Å²) < 4.78 is 5.58. The van der Waals surface area contributed by atoms with Gasteiger partial charge in [-0.2, -0.15) is 0 Å². The fourth-order valence-corrected chi connectivity index (χ4v) is 2.34. The molecule has 0 saturated heterocycles. The Morgan fingerprint density at radius 3 is 2.28 bits per heavy atom. The molecular weight excluding hydrogens is 386 g/mol. The molecule has 0 aliphatic heterocycles. The Bertz CT molecular complexity index is 858. The lowest BCUT2D eigenvalue weighted by Crippen LogP contribution is -2.48. The summed E-state index contributed by atoms with van der Waals surface area (Å²) in [4.78, 5) is 39.6. The Labute approximate surface area is 165 Å². The van der Waals surface area contributed by atoms with Crippen molar-refractivity contribution in [2.45, 2.75) is 32.9 Å². The standard InChI is InChI=1S/C18H21N3O8/c1-3-11(2)16(17(24)29-20-14(22)8-9-15(20)23)19-18(25)28-10-12-4-6-13(7-5-12)21(26)27/h4-9,11,16,22-23H,3,10H2,1-2H3,(H,19,25)/t11-,16+/m0/s1. The van der Waals surface area contributed by atoms with Crippen molar-refractivity contribution in [1.82, 2.24) is 10.0 Å². The van der Waals surface area contributed by atoms with Gasteiger partial charge in [-0.05, 0) is 23.6 Å². The number of ether oxygens (including phenoxy) is 1. The molecule has 0 unspecified atom stereocenters. The molecule has 156 valence electrons. The highest BCUT2D eigenvalue weighted by molar-refractivity contribution is 5.82. The number of benzene rings is 1. The van der Waals surface area contributed by atoms with Crippen LogP contribution in [-0.2, 0) is 16.1 Å². The fourth-order valence-electron chi connectivity index (χ4n) is 2.34. The van der Waals surface area contributed by atoms with Crippen molar-refractivity contribution in [2.24, 2.45) is 5.92 Å². The van der Waals surface area contributed by atoms with Crippen LogP contribution in [0.4, 0.5) is 10.5 Å². The van der Waals surface area contributed by atoms with Crippen LogP contribution in [0.5, 0.6) is 11.8 Å². The summed E-state index contributed by atoms with van der Waals surface area (Å²) in [6.45, 7) is 3.35. The summed E-state index contributed by atoms with van der Waals surface area (Å²) in [5.74, 6) is -2.22. The minimum absolute atomic E-state index is 0.0886. The number of hydrogen-bond acceptors (Lipinski definition) is 8. The molecule has 29 heavy (non-hydrogen) atoms. The van der Waals surface area contributed by atoms with Crippen LogP contribution >= 0.6 is 0 Å². The SMILES string of the molecule is CC[C@H](C)[C@@H](NC(=O)OCc1ccc([N+](=O)[O-])cc1)C(=O)On1c(O)ccc1O. The van der Waals surface area contributed by atoms with E-state index in [1.807, 2.05) is 0 Å². The average molecular weight is 407 g/mol. The molecule has 2 rings (SSSR count). The maximum absolute atomic E-state index is 12.4. The van der Waals surface area contributed by atoms with Crippen molar-refractivity contribution in [2.75, 3.05) is 0 Å². The summed E-state index contributed by atoms with van der Waals surface area (Å²) >= 11 is 0. The highest BCUT2D eigenvalue weighted by Gasteiger charge is 2.30. The first-order chi connectivity index (χ1) is 13.7. The van der Waals surface area contributed by atoms with Gasteiger partial charge in [0, 0.05) is 24.3 Å². The van der Waals surface area contributed by atoms with Crippen molar-refractivity contribution >= 4 is 17.7 Å². The predicted octanol–water partition coefficient (Wildman–Crippen LogP) is 2.10. The zero-order valence-corrected chi connectivity index (χ0v) is 15.8. The first-order valence-corrected chi connectivity index (χ1v) is 8.71. The second kappa shape index (κ2) is 9.44. The smallest absolute Gasteiger partial charge is 0.408 e. The molecule has 0 bridgehead atoms. The molecule has 0 radical (unpaired) electrons. The maximum Gasteiger partial charge on any atom is 0.408 e. The monoisotopic (exact) mass is 407 g/mol. The predicted molar refractivity (Wildman–Crippen MR) is 99.0 cm³/mol. The Morgan fingerprint density at radius 2 is 1.76 bits per heavy atom. The van der Waals surface area contributed by atoms with E-state index in [0.29, 0.717) is 16.7 Å². The van der Waals surface area contributed by atoms with E-state index in [4.69, 9.17) is 9.57 Å². The summed E-state index contributed by atoms with van der Waals surface area (Å²) in [6, 6.07) is 6.62. The number of hydrogen-bond donors (Lipinski definition) is 3. The van der Waals surface area contributed by atoms with Crippen molar-refractivity contribution in [3.05, 3.63) is 52.1 Å². The lowest BCUT2D eigenvalue weighted by Gasteiger charge is -2.22. The van der Waals surface area contributed by atoms with Gasteiger partial charge in [0.1, 0.15) is 12.6 Å². The Morgan fingerprint density at radius 1 is 1.17 bits per heavy atom. The lowest BCUT2D eigenvalue weighted by atomic mass is 10.00. The van der Waals surface area contributed by atoms with Crippen LogP contribution in [0.2, 0.25) is 0 Å². The van der Waals surface area contributed by atoms with E-state index < -0.39 is 34.8 Å². The number of alkyl carbamates (subject to hydrolysis) is 1. The van der Waals surface area contributed by atoms with Gasteiger partial charge in [0.2, 0.25) is 11.8 Å².